The summed E-state index contributed by atoms with van der Waals surface area (Å²) in [7, 11) is 0. The quantitative estimate of drug-likeness (QED) is 0.751. The molecule has 2 rings (SSSR count). The maximum Gasteiger partial charge on any atom is 0.193 e. The predicted molar refractivity (Wildman–Crippen MR) is 63.3 cm³/mol. The number of hydrogen-bond donors (Lipinski definition) is 0. The summed E-state index contributed by atoms with van der Waals surface area (Å²) >= 11 is 0. The highest BCUT2D eigenvalue weighted by atomic mass is 16.5. The van der Waals surface area contributed by atoms with Gasteiger partial charge in [0.15, 0.2) is 5.78 Å². The van der Waals surface area contributed by atoms with Gasteiger partial charge in [-0.15, -0.1) is 0 Å². The minimum atomic E-state index is -0.316. The van der Waals surface area contributed by atoms with Gasteiger partial charge in [0.05, 0.1) is 18.9 Å². The number of pyridine rings is 1. The van der Waals surface area contributed by atoms with Crippen LogP contribution in [-0.4, -0.2) is 29.6 Å². The maximum atomic E-state index is 12.1. The first-order valence-corrected chi connectivity index (χ1v) is 5.98. The molecule has 0 aromatic carbocycles. The molecule has 2 atom stereocenters. The lowest BCUT2D eigenvalue weighted by molar-refractivity contribution is 0.0433. The van der Waals surface area contributed by atoms with Gasteiger partial charge in [0.25, 0.3) is 0 Å². The zero-order valence-electron chi connectivity index (χ0n) is 10.2. The van der Waals surface area contributed by atoms with Crippen LogP contribution in [0, 0.1) is 0 Å². The van der Waals surface area contributed by atoms with E-state index in [9.17, 15) is 4.79 Å². The lowest BCUT2D eigenvalue weighted by Crippen LogP contribution is -2.21. The summed E-state index contributed by atoms with van der Waals surface area (Å²) in [5.74, 6) is 0.632. The van der Waals surface area contributed by atoms with E-state index in [1.54, 1.807) is 18.5 Å². The molecule has 0 radical (unpaired) electrons. The van der Waals surface area contributed by atoms with Crippen molar-refractivity contribution in [3.63, 3.8) is 0 Å². The average molecular weight is 235 g/mol. The summed E-state index contributed by atoms with van der Waals surface area (Å²) in [6.07, 6.45) is 4.76. The topological polar surface area (TPSA) is 48.4 Å². The molecule has 2 heterocycles. The predicted octanol–water partition coefficient (Wildman–Crippen LogP) is 2.23. The van der Waals surface area contributed by atoms with Gasteiger partial charge in [0.1, 0.15) is 11.9 Å². The highest BCUT2D eigenvalue weighted by Gasteiger charge is 2.29. The Morgan fingerprint density at radius 1 is 1.53 bits per heavy atom. The summed E-state index contributed by atoms with van der Waals surface area (Å²) < 4.78 is 10.9. The Balaban J connectivity index is 2.10. The lowest BCUT2D eigenvalue weighted by atomic mass is 10.1. The van der Waals surface area contributed by atoms with E-state index in [0.29, 0.717) is 17.9 Å². The molecular weight excluding hydrogens is 218 g/mol. The van der Waals surface area contributed by atoms with Gasteiger partial charge in [-0.2, -0.15) is 0 Å². The van der Waals surface area contributed by atoms with Crippen LogP contribution in [-0.2, 0) is 4.74 Å². The number of aromatic nitrogens is 1. The molecule has 0 N–H and O–H groups in total. The minimum Gasteiger partial charge on any atom is -0.492 e. The Bertz CT molecular complexity index is 405. The van der Waals surface area contributed by atoms with Crippen molar-refractivity contribution in [3.05, 3.63) is 24.0 Å². The molecule has 0 aliphatic carbocycles. The van der Waals surface area contributed by atoms with Gasteiger partial charge in [-0.05, 0) is 32.8 Å². The van der Waals surface area contributed by atoms with Gasteiger partial charge in [0.2, 0.25) is 0 Å². The number of ketones is 1. The van der Waals surface area contributed by atoms with Gasteiger partial charge in [-0.3, -0.25) is 9.78 Å². The first-order valence-electron chi connectivity index (χ1n) is 5.98. The smallest absolute Gasteiger partial charge is 0.193 e. The van der Waals surface area contributed by atoms with E-state index in [0.717, 1.165) is 12.8 Å². The van der Waals surface area contributed by atoms with Crippen LogP contribution < -0.4 is 4.74 Å². The highest BCUT2D eigenvalue weighted by Crippen LogP contribution is 2.23. The molecule has 4 heteroatoms. The third-order valence-electron chi connectivity index (χ3n) is 2.83. The molecule has 4 nitrogen and oxygen atoms in total. The SMILES string of the molecule is CCOc1cncc(C(=O)C2CCC(C)O2)c1. The van der Waals surface area contributed by atoms with Crippen molar-refractivity contribution in [2.24, 2.45) is 0 Å². The second-order valence-electron chi connectivity index (χ2n) is 4.22. The Morgan fingerprint density at radius 3 is 3.00 bits per heavy atom. The Hall–Kier alpha value is -1.42. The third kappa shape index (κ3) is 2.82. The van der Waals surface area contributed by atoms with Crippen molar-refractivity contribution in [3.8, 4) is 5.75 Å². The Kier molecular flexibility index (Phi) is 3.74. The molecule has 1 fully saturated rings. The van der Waals surface area contributed by atoms with Gasteiger partial charge in [0, 0.05) is 11.8 Å². The van der Waals surface area contributed by atoms with Crippen molar-refractivity contribution in [2.45, 2.75) is 38.9 Å². The van der Waals surface area contributed by atoms with Gasteiger partial charge in [-0.25, -0.2) is 0 Å². The zero-order chi connectivity index (χ0) is 12.3. The number of rotatable bonds is 4. The van der Waals surface area contributed by atoms with Crippen LogP contribution in [0.5, 0.6) is 5.75 Å². The maximum absolute atomic E-state index is 12.1. The molecule has 0 amide bonds. The Morgan fingerprint density at radius 2 is 2.35 bits per heavy atom. The fourth-order valence-corrected chi connectivity index (χ4v) is 1.98. The average Bonchev–Trinajstić information content (AvgIpc) is 2.76. The summed E-state index contributed by atoms with van der Waals surface area (Å²) in [6, 6.07) is 1.73. The van der Waals surface area contributed by atoms with Crippen molar-refractivity contribution in [1.82, 2.24) is 4.98 Å². The second kappa shape index (κ2) is 5.27. The molecule has 1 aromatic heterocycles. The first kappa shape index (κ1) is 12.0. The second-order valence-corrected chi connectivity index (χ2v) is 4.22. The fourth-order valence-electron chi connectivity index (χ4n) is 1.98. The number of hydrogen-bond acceptors (Lipinski definition) is 4. The van der Waals surface area contributed by atoms with Crippen LogP contribution in [0.1, 0.15) is 37.0 Å². The number of nitrogens with zero attached hydrogens (tertiary/aromatic N) is 1. The molecule has 0 saturated carbocycles. The van der Waals surface area contributed by atoms with Crippen LogP contribution in [0.4, 0.5) is 0 Å². The summed E-state index contributed by atoms with van der Waals surface area (Å²) in [5.41, 5.74) is 0.565. The van der Waals surface area contributed by atoms with Crippen molar-refractivity contribution in [2.75, 3.05) is 6.61 Å². The number of Topliss-reactive ketones (excluding diaryl/α,β-unsaturated/α-hetero) is 1. The van der Waals surface area contributed by atoms with Gasteiger partial charge >= 0.3 is 0 Å². The molecule has 92 valence electrons. The molecule has 0 bridgehead atoms. The van der Waals surface area contributed by atoms with Gasteiger partial charge < -0.3 is 9.47 Å². The van der Waals surface area contributed by atoms with E-state index in [2.05, 4.69) is 4.98 Å². The monoisotopic (exact) mass is 235 g/mol. The van der Waals surface area contributed by atoms with E-state index in [1.807, 2.05) is 13.8 Å². The van der Waals surface area contributed by atoms with Crippen molar-refractivity contribution >= 4 is 5.78 Å². The van der Waals surface area contributed by atoms with E-state index < -0.39 is 0 Å². The highest BCUT2D eigenvalue weighted by molar-refractivity contribution is 5.99. The number of carbonyl (C=O) groups excluding carboxylic acids is 1. The van der Waals surface area contributed by atoms with Crippen LogP contribution in [0.15, 0.2) is 18.5 Å². The largest absolute Gasteiger partial charge is 0.492 e. The summed E-state index contributed by atoms with van der Waals surface area (Å²) in [4.78, 5) is 16.1. The van der Waals surface area contributed by atoms with Crippen molar-refractivity contribution < 1.29 is 14.3 Å². The molecule has 0 spiro atoms. The zero-order valence-corrected chi connectivity index (χ0v) is 10.2. The Labute approximate surface area is 101 Å². The van der Waals surface area contributed by atoms with E-state index in [1.165, 1.54) is 0 Å². The van der Waals surface area contributed by atoms with Crippen LogP contribution >= 0.6 is 0 Å². The molecule has 1 saturated heterocycles. The van der Waals surface area contributed by atoms with E-state index in [4.69, 9.17) is 9.47 Å². The molecular formula is C13H17NO3. The molecule has 1 aliphatic heterocycles. The first-order chi connectivity index (χ1) is 8.20. The van der Waals surface area contributed by atoms with Crippen LogP contribution in [0.2, 0.25) is 0 Å². The van der Waals surface area contributed by atoms with Crippen LogP contribution in [0.25, 0.3) is 0 Å². The van der Waals surface area contributed by atoms with Crippen LogP contribution in [0.3, 0.4) is 0 Å². The number of carbonyl (C=O) groups is 1. The lowest BCUT2D eigenvalue weighted by Gasteiger charge is -2.10. The molecule has 1 aliphatic rings. The summed E-state index contributed by atoms with van der Waals surface area (Å²) in [5, 5.41) is 0. The van der Waals surface area contributed by atoms with Gasteiger partial charge in [-0.1, -0.05) is 0 Å². The normalized spacial score (nSPS) is 23.6. The minimum absolute atomic E-state index is 0.00315. The molecule has 1 aromatic rings. The summed E-state index contributed by atoms with van der Waals surface area (Å²) in [6.45, 7) is 4.45. The van der Waals surface area contributed by atoms with Crippen molar-refractivity contribution in [1.29, 1.82) is 0 Å². The standard InChI is InChI=1S/C13H17NO3/c1-3-16-11-6-10(7-14-8-11)13(15)12-5-4-9(2)17-12/h6-9,12H,3-5H2,1-2H3. The third-order valence-corrected chi connectivity index (χ3v) is 2.83. The molecule has 17 heavy (non-hydrogen) atoms. The fraction of sp³-hybridized carbons (Fsp3) is 0.538. The number of ether oxygens (including phenoxy) is 2. The van der Waals surface area contributed by atoms with E-state index >= 15 is 0 Å². The van der Waals surface area contributed by atoms with E-state index in [-0.39, 0.29) is 18.0 Å². The molecule has 2 unspecified atom stereocenters.